The fourth-order valence-corrected chi connectivity index (χ4v) is 3.65. The summed E-state index contributed by atoms with van der Waals surface area (Å²) in [5, 5.41) is 0.146. The van der Waals surface area contributed by atoms with Crippen LogP contribution in [-0.4, -0.2) is 36.5 Å². The third kappa shape index (κ3) is 4.92. The summed E-state index contributed by atoms with van der Waals surface area (Å²) in [7, 11) is 0. The number of hydrogen-bond acceptors (Lipinski definition) is 3. The molecule has 1 heterocycles. The van der Waals surface area contributed by atoms with Gasteiger partial charge in [0.2, 0.25) is 0 Å². The quantitative estimate of drug-likeness (QED) is 0.810. The lowest BCUT2D eigenvalue weighted by Crippen LogP contribution is -2.39. The van der Waals surface area contributed by atoms with Gasteiger partial charge in [0.25, 0.3) is 5.91 Å². The number of amides is 1. The maximum Gasteiger partial charge on any atom is 0.263 e. The van der Waals surface area contributed by atoms with Crippen LogP contribution in [0, 0.1) is 11.7 Å². The molecule has 4 nitrogen and oxygen atoms in total. The first kappa shape index (κ1) is 21.5. The van der Waals surface area contributed by atoms with Crippen molar-refractivity contribution in [2.24, 2.45) is 11.7 Å². The van der Waals surface area contributed by atoms with Crippen molar-refractivity contribution in [2.45, 2.75) is 18.9 Å². The summed E-state index contributed by atoms with van der Waals surface area (Å²) >= 11 is 5.98. The van der Waals surface area contributed by atoms with Gasteiger partial charge in [0.05, 0.1) is 5.02 Å². The van der Waals surface area contributed by atoms with E-state index in [1.807, 2.05) is 18.2 Å². The Hall–Kier alpha value is -1.82. The van der Waals surface area contributed by atoms with Crippen LogP contribution in [0.25, 0.3) is 0 Å². The topological polar surface area (TPSA) is 55.6 Å². The Bertz CT molecular complexity index is 776. The van der Waals surface area contributed by atoms with Gasteiger partial charge in [0.15, 0.2) is 6.10 Å². The lowest BCUT2D eigenvalue weighted by molar-refractivity contribution is -0.137. The molecule has 1 aliphatic heterocycles. The molecule has 1 unspecified atom stereocenters. The summed E-state index contributed by atoms with van der Waals surface area (Å²) in [5.41, 5.74) is 7.12. The molecule has 1 fully saturated rings. The van der Waals surface area contributed by atoms with Crippen LogP contribution < -0.4 is 10.5 Å². The van der Waals surface area contributed by atoms with Crippen LogP contribution in [0.3, 0.4) is 0 Å². The van der Waals surface area contributed by atoms with Crippen molar-refractivity contribution in [1.82, 2.24) is 4.90 Å². The third-order valence-electron chi connectivity index (χ3n) is 4.83. The first-order valence-corrected chi connectivity index (χ1v) is 9.03. The second kappa shape index (κ2) is 9.40. The largest absolute Gasteiger partial charge is 0.479 e. The van der Waals surface area contributed by atoms with Crippen molar-refractivity contribution in [2.75, 3.05) is 19.6 Å². The van der Waals surface area contributed by atoms with E-state index in [9.17, 15) is 9.18 Å². The number of hydrogen-bond donors (Lipinski definition) is 1. The molecule has 1 amide bonds. The molecular formula is C20H23Cl2FN2O2. The molecule has 7 heteroatoms. The highest BCUT2D eigenvalue weighted by Crippen LogP contribution is 2.33. The fourth-order valence-electron chi connectivity index (χ4n) is 3.44. The molecule has 3 atom stereocenters. The highest BCUT2D eigenvalue weighted by molar-refractivity contribution is 6.32. The molecule has 146 valence electrons. The maximum atomic E-state index is 13.1. The number of rotatable bonds is 5. The second-order valence-electron chi connectivity index (χ2n) is 6.59. The van der Waals surface area contributed by atoms with E-state index in [2.05, 4.69) is 12.1 Å². The van der Waals surface area contributed by atoms with Gasteiger partial charge in [-0.2, -0.15) is 0 Å². The Balaban J connectivity index is 0.00000261. The monoisotopic (exact) mass is 412 g/mol. The molecule has 0 bridgehead atoms. The first-order valence-electron chi connectivity index (χ1n) is 8.65. The van der Waals surface area contributed by atoms with E-state index < -0.39 is 11.9 Å². The van der Waals surface area contributed by atoms with Crippen LogP contribution in [0.2, 0.25) is 5.02 Å². The van der Waals surface area contributed by atoms with Crippen LogP contribution in [-0.2, 0) is 4.79 Å². The predicted octanol–water partition coefficient (Wildman–Crippen LogP) is 3.87. The minimum atomic E-state index is -0.717. The van der Waals surface area contributed by atoms with Gasteiger partial charge in [0.1, 0.15) is 11.6 Å². The summed E-state index contributed by atoms with van der Waals surface area (Å²) in [6.45, 7) is 3.40. The molecule has 0 aliphatic carbocycles. The SMILES string of the molecule is CC(Oc1ccc(F)cc1Cl)C(=O)N1C[C@@H](CN)[C@H](c2ccccc2)C1.Cl. The lowest BCUT2D eigenvalue weighted by Gasteiger charge is -2.22. The Morgan fingerprint density at radius 2 is 2.00 bits per heavy atom. The molecule has 0 radical (unpaired) electrons. The van der Waals surface area contributed by atoms with Gasteiger partial charge >= 0.3 is 0 Å². The van der Waals surface area contributed by atoms with Crippen molar-refractivity contribution in [3.05, 3.63) is 64.9 Å². The summed E-state index contributed by atoms with van der Waals surface area (Å²) in [4.78, 5) is 14.6. The molecule has 2 aromatic rings. The maximum absolute atomic E-state index is 13.1. The number of halogens is 3. The van der Waals surface area contributed by atoms with E-state index in [4.69, 9.17) is 22.1 Å². The highest BCUT2D eigenvalue weighted by Gasteiger charge is 2.37. The van der Waals surface area contributed by atoms with E-state index in [1.54, 1.807) is 11.8 Å². The van der Waals surface area contributed by atoms with Crippen LogP contribution in [0.4, 0.5) is 4.39 Å². The summed E-state index contributed by atoms with van der Waals surface area (Å²) in [6.07, 6.45) is -0.717. The molecule has 2 N–H and O–H groups in total. The minimum Gasteiger partial charge on any atom is -0.479 e. The van der Waals surface area contributed by atoms with Gasteiger partial charge in [-0.1, -0.05) is 41.9 Å². The molecule has 0 aromatic heterocycles. The average molecular weight is 413 g/mol. The number of carbonyl (C=O) groups excluding carboxylic acids is 1. The van der Waals surface area contributed by atoms with Crippen LogP contribution >= 0.6 is 24.0 Å². The summed E-state index contributed by atoms with van der Waals surface area (Å²) < 4.78 is 18.8. The number of nitrogens with two attached hydrogens (primary N) is 1. The zero-order valence-electron chi connectivity index (χ0n) is 15.0. The molecule has 0 saturated carbocycles. The summed E-state index contributed by atoms with van der Waals surface area (Å²) in [6, 6.07) is 14.0. The number of nitrogens with zero attached hydrogens (tertiary/aromatic N) is 1. The van der Waals surface area contributed by atoms with Crippen molar-refractivity contribution in [3.63, 3.8) is 0 Å². The number of likely N-dealkylation sites (tertiary alicyclic amines) is 1. The molecule has 2 aromatic carbocycles. The lowest BCUT2D eigenvalue weighted by atomic mass is 9.89. The van der Waals surface area contributed by atoms with Crippen LogP contribution in [0.15, 0.2) is 48.5 Å². The molecular weight excluding hydrogens is 390 g/mol. The van der Waals surface area contributed by atoms with Crippen molar-refractivity contribution in [1.29, 1.82) is 0 Å². The van der Waals surface area contributed by atoms with E-state index in [1.165, 1.54) is 23.8 Å². The normalized spacial score (nSPS) is 20.1. The van der Waals surface area contributed by atoms with E-state index in [-0.39, 0.29) is 35.2 Å². The van der Waals surface area contributed by atoms with E-state index in [0.29, 0.717) is 25.4 Å². The highest BCUT2D eigenvalue weighted by atomic mass is 35.5. The van der Waals surface area contributed by atoms with Crippen molar-refractivity contribution in [3.8, 4) is 5.75 Å². The van der Waals surface area contributed by atoms with E-state index in [0.717, 1.165) is 0 Å². The molecule has 27 heavy (non-hydrogen) atoms. The van der Waals surface area contributed by atoms with Gasteiger partial charge in [-0.25, -0.2) is 4.39 Å². The molecule has 1 saturated heterocycles. The fraction of sp³-hybridized carbons (Fsp3) is 0.350. The van der Waals surface area contributed by atoms with Gasteiger partial charge in [-0.05, 0) is 43.1 Å². The first-order chi connectivity index (χ1) is 12.5. The number of benzene rings is 2. The average Bonchev–Trinajstić information content (AvgIpc) is 3.08. The predicted molar refractivity (Wildman–Crippen MR) is 107 cm³/mol. The molecule has 3 rings (SSSR count). The zero-order valence-corrected chi connectivity index (χ0v) is 16.5. The Morgan fingerprint density at radius 3 is 2.63 bits per heavy atom. The Kier molecular flexibility index (Phi) is 7.48. The molecule has 1 aliphatic rings. The standard InChI is InChI=1S/C20H22ClFN2O2.ClH/c1-13(26-19-8-7-16(22)9-18(19)21)20(25)24-11-15(10-23)17(12-24)14-5-3-2-4-6-14;/h2-9,13,15,17H,10-12,23H2,1H3;1H/t13?,15-,17+;/m1./s1. The number of carbonyl (C=O) groups is 1. The third-order valence-corrected chi connectivity index (χ3v) is 5.12. The van der Waals surface area contributed by atoms with Gasteiger partial charge in [-0.3, -0.25) is 4.79 Å². The van der Waals surface area contributed by atoms with Crippen molar-refractivity contribution >= 4 is 29.9 Å². The molecule has 0 spiro atoms. The van der Waals surface area contributed by atoms with Crippen LogP contribution in [0.1, 0.15) is 18.4 Å². The Labute approximate surface area is 169 Å². The Morgan fingerprint density at radius 1 is 1.30 bits per heavy atom. The van der Waals surface area contributed by atoms with Crippen LogP contribution in [0.5, 0.6) is 5.75 Å². The van der Waals surface area contributed by atoms with Gasteiger partial charge in [-0.15, -0.1) is 12.4 Å². The smallest absolute Gasteiger partial charge is 0.263 e. The van der Waals surface area contributed by atoms with Gasteiger partial charge in [0, 0.05) is 19.0 Å². The van der Waals surface area contributed by atoms with E-state index >= 15 is 0 Å². The second-order valence-corrected chi connectivity index (χ2v) is 7.00. The summed E-state index contributed by atoms with van der Waals surface area (Å²) in [5.74, 6) is 0.150. The minimum absolute atomic E-state index is 0. The van der Waals surface area contributed by atoms with Crippen molar-refractivity contribution < 1.29 is 13.9 Å². The van der Waals surface area contributed by atoms with Gasteiger partial charge < -0.3 is 15.4 Å². The number of ether oxygens (including phenoxy) is 1. The zero-order chi connectivity index (χ0) is 18.7.